The lowest BCUT2D eigenvalue weighted by atomic mass is 10.1. The second-order valence-electron chi connectivity index (χ2n) is 5.95. The Labute approximate surface area is 148 Å². The molecular weight excluding hydrogens is 316 g/mol. The zero-order valence-electron chi connectivity index (χ0n) is 14.7. The second-order valence-corrected chi connectivity index (χ2v) is 5.95. The molecule has 0 aliphatic rings. The number of likely N-dealkylation sites (N-methyl/N-ethyl adjacent to an activating group) is 1. The summed E-state index contributed by atoms with van der Waals surface area (Å²) >= 11 is 0. The van der Waals surface area contributed by atoms with E-state index in [9.17, 15) is 9.59 Å². The summed E-state index contributed by atoms with van der Waals surface area (Å²) in [7, 11) is 1.60. The van der Waals surface area contributed by atoms with Crippen LogP contribution in [-0.4, -0.2) is 30.3 Å². The first-order valence-corrected chi connectivity index (χ1v) is 8.22. The van der Waals surface area contributed by atoms with Gasteiger partial charge in [-0.1, -0.05) is 54.6 Å². The summed E-state index contributed by atoms with van der Waals surface area (Å²) in [5.41, 5.74) is 3.20. The van der Waals surface area contributed by atoms with Crippen LogP contribution in [0.15, 0.2) is 54.6 Å². The Hall–Kier alpha value is -2.66. The minimum atomic E-state index is -0.177. The smallest absolute Gasteiger partial charge is 0.239 e. The standard InChI is InChI=1S/C20H24N2O3/c1-16(23)22(2)13-20(24)21-12-18-9-6-10-19(11-18)15-25-14-17-7-4-3-5-8-17/h3-11H,12-15H2,1-2H3,(H,21,24). The highest BCUT2D eigenvalue weighted by atomic mass is 16.5. The average Bonchev–Trinajstić information content (AvgIpc) is 2.61. The third-order valence-electron chi connectivity index (χ3n) is 3.78. The van der Waals surface area contributed by atoms with Crippen LogP contribution in [0.4, 0.5) is 0 Å². The van der Waals surface area contributed by atoms with Crippen LogP contribution in [0.25, 0.3) is 0 Å². The normalized spacial score (nSPS) is 10.3. The highest BCUT2D eigenvalue weighted by Gasteiger charge is 2.08. The molecule has 0 aliphatic heterocycles. The molecule has 5 heteroatoms. The van der Waals surface area contributed by atoms with E-state index in [1.807, 2.05) is 54.6 Å². The predicted octanol–water partition coefficient (Wildman–Crippen LogP) is 2.50. The topological polar surface area (TPSA) is 58.6 Å². The van der Waals surface area contributed by atoms with Gasteiger partial charge < -0.3 is 15.0 Å². The molecule has 0 radical (unpaired) electrons. The van der Waals surface area contributed by atoms with E-state index in [1.165, 1.54) is 11.8 Å². The van der Waals surface area contributed by atoms with Crippen molar-refractivity contribution in [3.63, 3.8) is 0 Å². The molecular formula is C20H24N2O3. The molecule has 0 aromatic heterocycles. The van der Waals surface area contributed by atoms with E-state index < -0.39 is 0 Å². The lowest BCUT2D eigenvalue weighted by Crippen LogP contribution is -2.37. The van der Waals surface area contributed by atoms with E-state index in [1.54, 1.807) is 7.05 Å². The van der Waals surface area contributed by atoms with Gasteiger partial charge in [0, 0.05) is 20.5 Å². The number of benzene rings is 2. The van der Waals surface area contributed by atoms with Crippen LogP contribution in [-0.2, 0) is 34.1 Å². The first kappa shape index (κ1) is 18.7. The fourth-order valence-corrected chi connectivity index (χ4v) is 2.27. The molecule has 1 N–H and O–H groups in total. The number of hydrogen-bond donors (Lipinski definition) is 1. The third-order valence-corrected chi connectivity index (χ3v) is 3.78. The highest BCUT2D eigenvalue weighted by molar-refractivity contribution is 5.83. The first-order chi connectivity index (χ1) is 12.0. The Morgan fingerprint density at radius 2 is 1.60 bits per heavy atom. The van der Waals surface area contributed by atoms with E-state index in [4.69, 9.17) is 4.74 Å². The Bertz CT molecular complexity index is 701. The molecule has 2 rings (SSSR count). The zero-order valence-corrected chi connectivity index (χ0v) is 14.7. The van der Waals surface area contributed by atoms with Gasteiger partial charge in [-0.2, -0.15) is 0 Å². The van der Waals surface area contributed by atoms with Gasteiger partial charge in [0.15, 0.2) is 0 Å². The van der Waals surface area contributed by atoms with Crippen molar-refractivity contribution in [2.75, 3.05) is 13.6 Å². The minimum absolute atomic E-state index is 0.0647. The molecule has 0 saturated heterocycles. The Morgan fingerprint density at radius 1 is 0.960 bits per heavy atom. The maximum Gasteiger partial charge on any atom is 0.239 e. The van der Waals surface area contributed by atoms with E-state index >= 15 is 0 Å². The van der Waals surface area contributed by atoms with Gasteiger partial charge in [-0.25, -0.2) is 0 Å². The summed E-state index contributed by atoms with van der Waals surface area (Å²) < 4.78 is 5.73. The molecule has 2 aromatic rings. The number of nitrogens with zero attached hydrogens (tertiary/aromatic N) is 1. The van der Waals surface area contributed by atoms with Crippen LogP contribution in [0.3, 0.4) is 0 Å². The van der Waals surface area contributed by atoms with E-state index in [0.29, 0.717) is 19.8 Å². The van der Waals surface area contributed by atoms with Gasteiger partial charge in [-0.05, 0) is 16.7 Å². The second kappa shape index (κ2) is 9.59. The molecule has 0 fully saturated rings. The predicted molar refractivity (Wildman–Crippen MR) is 96.5 cm³/mol. The number of rotatable bonds is 8. The molecule has 0 heterocycles. The van der Waals surface area contributed by atoms with Crippen molar-refractivity contribution in [3.05, 3.63) is 71.3 Å². The molecule has 132 valence electrons. The van der Waals surface area contributed by atoms with Crippen LogP contribution in [0, 0.1) is 0 Å². The number of ether oxygens (including phenoxy) is 1. The summed E-state index contributed by atoms with van der Waals surface area (Å²) in [5, 5.41) is 2.82. The van der Waals surface area contributed by atoms with E-state index in [0.717, 1.165) is 16.7 Å². The molecule has 25 heavy (non-hydrogen) atoms. The molecule has 0 saturated carbocycles. The van der Waals surface area contributed by atoms with Gasteiger partial charge in [0.25, 0.3) is 0 Å². The van der Waals surface area contributed by atoms with Gasteiger partial charge in [-0.15, -0.1) is 0 Å². The number of carbonyl (C=O) groups excluding carboxylic acids is 2. The number of amides is 2. The third kappa shape index (κ3) is 6.77. The van der Waals surface area contributed by atoms with Gasteiger partial charge in [-0.3, -0.25) is 9.59 Å². The van der Waals surface area contributed by atoms with Gasteiger partial charge in [0.1, 0.15) is 0 Å². The maximum atomic E-state index is 11.8. The van der Waals surface area contributed by atoms with Crippen molar-refractivity contribution >= 4 is 11.8 Å². The summed E-state index contributed by atoms with van der Waals surface area (Å²) in [6.07, 6.45) is 0. The monoisotopic (exact) mass is 340 g/mol. The summed E-state index contributed by atoms with van der Waals surface area (Å²) in [5.74, 6) is -0.309. The van der Waals surface area contributed by atoms with Crippen LogP contribution in [0.2, 0.25) is 0 Å². The van der Waals surface area contributed by atoms with Crippen molar-refractivity contribution in [1.82, 2.24) is 10.2 Å². The molecule has 5 nitrogen and oxygen atoms in total. The van der Waals surface area contributed by atoms with Crippen LogP contribution in [0.5, 0.6) is 0 Å². The Morgan fingerprint density at radius 3 is 2.32 bits per heavy atom. The van der Waals surface area contributed by atoms with Crippen molar-refractivity contribution in [1.29, 1.82) is 0 Å². The molecule has 0 atom stereocenters. The molecule has 2 aromatic carbocycles. The maximum absolute atomic E-state index is 11.8. The van der Waals surface area contributed by atoms with E-state index in [-0.39, 0.29) is 18.4 Å². The Kier molecular flexibility index (Phi) is 7.16. The van der Waals surface area contributed by atoms with Gasteiger partial charge in [0.2, 0.25) is 11.8 Å². The summed E-state index contributed by atoms with van der Waals surface area (Å²) in [6, 6.07) is 17.9. The number of carbonyl (C=O) groups is 2. The Balaban J connectivity index is 1.78. The number of hydrogen-bond acceptors (Lipinski definition) is 3. The average molecular weight is 340 g/mol. The largest absolute Gasteiger partial charge is 0.372 e. The van der Waals surface area contributed by atoms with Crippen molar-refractivity contribution in [3.8, 4) is 0 Å². The lowest BCUT2D eigenvalue weighted by Gasteiger charge is -2.14. The quantitative estimate of drug-likeness (QED) is 0.803. The first-order valence-electron chi connectivity index (χ1n) is 8.22. The van der Waals surface area contributed by atoms with Crippen molar-refractivity contribution in [2.24, 2.45) is 0 Å². The minimum Gasteiger partial charge on any atom is -0.372 e. The zero-order chi connectivity index (χ0) is 18.1. The highest BCUT2D eigenvalue weighted by Crippen LogP contribution is 2.09. The molecule has 0 aliphatic carbocycles. The van der Waals surface area contributed by atoms with Gasteiger partial charge >= 0.3 is 0 Å². The molecule has 0 bridgehead atoms. The molecule has 2 amide bonds. The summed E-state index contributed by atoms with van der Waals surface area (Å²) in [4.78, 5) is 24.3. The molecule has 0 spiro atoms. The van der Waals surface area contributed by atoms with Crippen LogP contribution in [0.1, 0.15) is 23.6 Å². The van der Waals surface area contributed by atoms with Crippen molar-refractivity contribution < 1.29 is 14.3 Å². The summed E-state index contributed by atoms with van der Waals surface area (Å²) in [6.45, 7) is 3.02. The molecule has 0 unspecified atom stereocenters. The SMILES string of the molecule is CC(=O)N(C)CC(=O)NCc1cccc(COCc2ccccc2)c1. The lowest BCUT2D eigenvalue weighted by molar-refractivity contribution is -0.133. The van der Waals surface area contributed by atoms with Crippen molar-refractivity contribution in [2.45, 2.75) is 26.7 Å². The van der Waals surface area contributed by atoms with Crippen LogP contribution >= 0.6 is 0 Å². The van der Waals surface area contributed by atoms with Crippen LogP contribution < -0.4 is 5.32 Å². The fraction of sp³-hybridized carbons (Fsp3) is 0.300. The van der Waals surface area contributed by atoms with Gasteiger partial charge in [0.05, 0.1) is 19.8 Å². The number of nitrogens with one attached hydrogen (secondary N) is 1. The fourth-order valence-electron chi connectivity index (χ4n) is 2.27. The van der Waals surface area contributed by atoms with E-state index in [2.05, 4.69) is 5.32 Å².